The van der Waals surface area contributed by atoms with E-state index in [-0.39, 0.29) is 5.57 Å². The lowest BCUT2D eigenvalue weighted by Gasteiger charge is -2.41. The average molecular weight is 563 g/mol. The third-order valence-electron chi connectivity index (χ3n) is 8.26. The SMILES string of the molecule is CC1(N2CCc3[nH]c4ccc(-c5cccc(CN6CCN(S(C)(=O)=O)CC6)c5)cc4c3C2)N=CC(C(=O)O)=CN1. The van der Waals surface area contributed by atoms with E-state index in [4.69, 9.17) is 0 Å². The molecule has 0 spiro atoms. The van der Waals surface area contributed by atoms with E-state index >= 15 is 0 Å². The largest absolute Gasteiger partial charge is 0.478 e. The van der Waals surface area contributed by atoms with Crippen LogP contribution in [0.2, 0.25) is 0 Å². The summed E-state index contributed by atoms with van der Waals surface area (Å²) in [5, 5.41) is 13.6. The van der Waals surface area contributed by atoms with Gasteiger partial charge in [0.2, 0.25) is 10.0 Å². The molecule has 3 aliphatic heterocycles. The van der Waals surface area contributed by atoms with E-state index in [1.165, 1.54) is 40.9 Å². The predicted octanol–water partition coefficient (Wildman–Crippen LogP) is 2.59. The Labute approximate surface area is 234 Å². The van der Waals surface area contributed by atoms with Crippen molar-refractivity contribution in [3.63, 3.8) is 0 Å². The topological polar surface area (TPSA) is 121 Å². The Bertz CT molecular complexity index is 1640. The van der Waals surface area contributed by atoms with Crippen LogP contribution < -0.4 is 5.32 Å². The molecule has 1 fully saturated rings. The number of benzene rings is 2. The number of nitrogens with one attached hydrogen (secondary N) is 2. The summed E-state index contributed by atoms with van der Waals surface area (Å²) in [5.74, 6) is -1.71. The number of rotatable bonds is 6. The highest BCUT2D eigenvalue weighted by Crippen LogP contribution is 2.34. The van der Waals surface area contributed by atoms with Gasteiger partial charge in [0.1, 0.15) is 0 Å². The van der Waals surface area contributed by atoms with Gasteiger partial charge >= 0.3 is 5.97 Å². The molecular formula is C29H34N6O4S. The van der Waals surface area contributed by atoms with Gasteiger partial charge in [-0.2, -0.15) is 4.31 Å². The molecule has 3 N–H and O–H groups in total. The maximum absolute atomic E-state index is 11.8. The van der Waals surface area contributed by atoms with Gasteiger partial charge in [-0.3, -0.25) is 9.80 Å². The molecule has 11 heteroatoms. The Morgan fingerprint density at radius 3 is 2.55 bits per heavy atom. The zero-order valence-corrected chi connectivity index (χ0v) is 23.5. The zero-order valence-electron chi connectivity index (χ0n) is 22.7. The van der Waals surface area contributed by atoms with E-state index in [0.29, 0.717) is 19.6 Å². The monoisotopic (exact) mass is 562 g/mol. The van der Waals surface area contributed by atoms with Crippen LogP contribution in [0.15, 0.2) is 59.2 Å². The standard InChI is InChI=1S/C29H34N6O4S/c1-29(30-16-23(17-31-29)28(36)37)34-9-8-27-25(19-34)24-15-22(6-7-26(24)32-27)21-5-3-4-20(14-21)18-33-10-12-35(13-11-33)40(2,38)39/h3-7,14-17,30,32H,8-13,18-19H2,1-2H3,(H,36,37). The first kappa shape index (κ1) is 26.7. The smallest absolute Gasteiger partial charge is 0.338 e. The summed E-state index contributed by atoms with van der Waals surface area (Å²) in [5.41, 5.74) is 7.22. The molecule has 0 saturated carbocycles. The normalized spacial score (nSPS) is 22.6. The number of carboxylic acids is 1. The Hall–Kier alpha value is -3.51. The first-order chi connectivity index (χ1) is 19.1. The second-order valence-corrected chi connectivity index (χ2v) is 13.0. The highest BCUT2D eigenvalue weighted by Gasteiger charge is 2.35. The molecule has 0 bridgehead atoms. The highest BCUT2D eigenvalue weighted by atomic mass is 32.2. The minimum atomic E-state index is -3.14. The number of piperazine rings is 1. The molecular weight excluding hydrogens is 528 g/mol. The number of hydrogen-bond donors (Lipinski definition) is 3. The fraction of sp³-hybridized carbons (Fsp3) is 0.379. The number of hydrogen-bond acceptors (Lipinski definition) is 7. The maximum Gasteiger partial charge on any atom is 0.338 e. The molecule has 1 aromatic heterocycles. The second kappa shape index (κ2) is 10.2. The van der Waals surface area contributed by atoms with Crippen LogP contribution in [0.5, 0.6) is 0 Å². The van der Waals surface area contributed by atoms with E-state index in [2.05, 4.69) is 67.6 Å². The number of nitrogens with zero attached hydrogens (tertiary/aromatic N) is 4. The van der Waals surface area contributed by atoms with E-state index in [0.717, 1.165) is 49.2 Å². The van der Waals surface area contributed by atoms with Crippen molar-refractivity contribution in [1.82, 2.24) is 24.4 Å². The number of carboxylic acid groups (broad SMARTS) is 1. The van der Waals surface area contributed by atoms with Crippen LogP contribution in [0.4, 0.5) is 0 Å². The molecule has 4 heterocycles. The molecule has 1 atom stereocenters. The zero-order chi connectivity index (χ0) is 28.1. The Balaban J connectivity index is 1.21. The predicted molar refractivity (Wildman–Crippen MR) is 155 cm³/mol. The van der Waals surface area contributed by atoms with Gasteiger partial charge in [-0.25, -0.2) is 18.2 Å². The number of sulfonamides is 1. The number of aliphatic carboxylic acids is 1. The maximum atomic E-state index is 11.8. The first-order valence-corrected chi connectivity index (χ1v) is 15.4. The van der Waals surface area contributed by atoms with E-state index in [9.17, 15) is 18.3 Å². The highest BCUT2D eigenvalue weighted by molar-refractivity contribution is 7.88. The van der Waals surface area contributed by atoms with Crippen molar-refractivity contribution in [1.29, 1.82) is 0 Å². The lowest BCUT2D eigenvalue weighted by Crippen LogP contribution is -2.56. The van der Waals surface area contributed by atoms with Crippen molar-refractivity contribution < 1.29 is 18.3 Å². The lowest BCUT2D eigenvalue weighted by atomic mass is 9.98. The van der Waals surface area contributed by atoms with Gasteiger partial charge in [-0.05, 0) is 47.4 Å². The number of aromatic nitrogens is 1. The second-order valence-electron chi connectivity index (χ2n) is 11.0. The van der Waals surface area contributed by atoms with Gasteiger partial charge in [0, 0.05) is 81.2 Å². The number of aliphatic imine (C=N–C) groups is 1. The number of carbonyl (C=O) groups is 1. The molecule has 3 aliphatic rings. The summed E-state index contributed by atoms with van der Waals surface area (Å²) in [6.07, 6.45) is 5.08. The van der Waals surface area contributed by atoms with Crippen molar-refractivity contribution in [2.75, 3.05) is 39.0 Å². The molecule has 3 aromatic rings. The van der Waals surface area contributed by atoms with Crippen LogP contribution in [-0.2, 0) is 34.3 Å². The molecule has 0 aliphatic carbocycles. The van der Waals surface area contributed by atoms with Gasteiger partial charge < -0.3 is 15.4 Å². The molecule has 1 unspecified atom stereocenters. The minimum Gasteiger partial charge on any atom is -0.478 e. The molecule has 210 valence electrons. The average Bonchev–Trinajstić information content (AvgIpc) is 3.30. The summed E-state index contributed by atoms with van der Waals surface area (Å²) in [4.78, 5) is 24.0. The molecule has 0 radical (unpaired) electrons. The van der Waals surface area contributed by atoms with Crippen molar-refractivity contribution in [2.45, 2.75) is 32.2 Å². The fourth-order valence-electron chi connectivity index (χ4n) is 5.87. The van der Waals surface area contributed by atoms with Crippen LogP contribution in [0.25, 0.3) is 22.0 Å². The van der Waals surface area contributed by atoms with Gasteiger partial charge in [-0.1, -0.05) is 24.3 Å². The van der Waals surface area contributed by atoms with Crippen molar-refractivity contribution in [3.8, 4) is 11.1 Å². The molecule has 40 heavy (non-hydrogen) atoms. The minimum absolute atomic E-state index is 0.144. The van der Waals surface area contributed by atoms with Gasteiger partial charge in [0.15, 0.2) is 5.79 Å². The van der Waals surface area contributed by atoms with Gasteiger partial charge in [0.25, 0.3) is 0 Å². The Morgan fingerprint density at radius 2 is 1.85 bits per heavy atom. The number of fused-ring (bicyclic) bond motifs is 3. The summed E-state index contributed by atoms with van der Waals surface area (Å²) in [6.45, 7) is 6.74. The molecule has 10 nitrogen and oxygen atoms in total. The number of aromatic amines is 1. The van der Waals surface area contributed by atoms with E-state index in [1.54, 1.807) is 4.31 Å². The van der Waals surface area contributed by atoms with Gasteiger partial charge in [0.05, 0.1) is 11.8 Å². The van der Waals surface area contributed by atoms with Crippen molar-refractivity contribution in [3.05, 3.63) is 71.1 Å². The van der Waals surface area contributed by atoms with Crippen LogP contribution >= 0.6 is 0 Å². The Kier molecular flexibility index (Phi) is 6.78. The third-order valence-corrected chi connectivity index (χ3v) is 9.56. The quantitative estimate of drug-likeness (QED) is 0.422. The fourth-order valence-corrected chi connectivity index (χ4v) is 6.69. The molecule has 1 saturated heterocycles. The lowest BCUT2D eigenvalue weighted by molar-refractivity contribution is -0.132. The van der Waals surface area contributed by atoms with Gasteiger partial charge in [-0.15, -0.1) is 0 Å². The summed E-state index contributed by atoms with van der Waals surface area (Å²) >= 11 is 0. The number of H-pyrrole nitrogens is 1. The summed E-state index contributed by atoms with van der Waals surface area (Å²) < 4.78 is 25.2. The molecule has 0 amide bonds. The third kappa shape index (κ3) is 5.17. The van der Waals surface area contributed by atoms with E-state index in [1.807, 2.05) is 6.92 Å². The molecule has 6 rings (SSSR count). The van der Waals surface area contributed by atoms with E-state index < -0.39 is 21.8 Å². The van der Waals surface area contributed by atoms with Crippen LogP contribution in [0.1, 0.15) is 23.7 Å². The summed E-state index contributed by atoms with van der Waals surface area (Å²) in [6, 6.07) is 15.1. The van der Waals surface area contributed by atoms with Crippen molar-refractivity contribution in [2.24, 2.45) is 4.99 Å². The van der Waals surface area contributed by atoms with Crippen LogP contribution in [0, 0.1) is 0 Å². The first-order valence-electron chi connectivity index (χ1n) is 13.5. The van der Waals surface area contributed by atoms with Crippen LogP contribution in [-0.4, -0.2) is 89.6 Å². The van der Waals surface area contributed by atoms with Crippen molar-refractivity contribution >= 4 is 33.1 Å². The Morgan fingerprint density at radius 1 is 1.07 bits per heavy atom. The molecule has 2 aromatic carbocycles. The van der Waals surface area contributed by atoms with Crippen LogP contribution in [0.3, 0.4) is 0 Å². The summed E-state index contributed by atoms with van der Waals surface area (Å²) in [7, 11) is -3.14.